The van der Waals surface area contributed by atoms with Crippen molar-refractivity contribution in [3.63, 3.8) is 0 Å². The van der Waals surface area contributed by atoms with Gasteiger partial charge in [-0.25, -0.2) is 26.9 Å². The van der Waals surface area contributed by atoms with Crippen LogP contribution in [-0.2, 0) is 9.05 Å². The summed E-state index contributed by atoms with van der Waals surface area (Å²) in [7, 11) is 1.31. The van der Waals surface area contributed by atoms with Crippen molar-refractivity contribution in [2.45, 2.75) is 18.2 Å². The summed E-state index contributed by atoms with van der Waals surface area (Å²) in [4.78, 5) is 3.23. The molecule has 0 fully saturated rings. The van der Waals surface area contributed by atoms with Crippen LogP contribution in [0, 0.1) is 6.92 Å². The zero-order chi connectivity index (χ0) is 15.1. The number of aromatic nitrogens is 3. The standard InChI is InChI=1S/C10H7Cl2F2N3O2S/c1-5-2-6(11)7(3-8(5)20(12,18)19)17-4-15-10(16-17)9(13)14/h2-4,9H,1H3. The van der Waals surface area contributed by atoms with Crippen LogP contribution in [0.25, 0.3) is 5.69 Å². The lowest BCUT2D eigenvalue weighted by Crippen LogP contribution is -2.02. The molecule has 0 aliphatic rings. The maximum absolute atomic E-state index is 12.4. The number of rotatable bonds is 3. The normalized spacial score (nSPS) is 12.1. The van der Waals surface area contributed by atoms with E-state index in [9.17, 15) is 17.2 Å². The summed E-state index contributed by atoms with van der Waals surface area (Å²) in [6.45, 7) is 1.51. The number of halogens is 4. The van der Waals surface area contributed by atoms with Crippen LogP contribution in [0.4, 0.5) is 8.78 Å². The van der Waals surface area contributed by atoms with Gasteiger partial charge in [-0.1, -0.05) is 11.6 Å². The smallest absolute Gasteiger partial charge is 0.219 e. The summed E-state index contributed by atoms with van der Waals surface area (Å²) in [5.74, 6) is -0.683. The van der Waals surface area contributed by atoms with E-state index in [1.165, 1.54) is 13.0 Å². The minimum Gasteiger partial charge on any atom is -0.219 e. The highest BCUT2D eigenvalue weighted by Gasteiger charge is 2.19. The molecule has 0 aliphatic heterocycles. The van der Waals surface area contributed by atoms with Gasteiger partial charge in [0.05, 0.1) is 15.6 Å². The molecular weight excluding hydrogens is 335 g/mol. The first-order chi connectivity index (χ1) is 9.20. The van der Waals surface area contributed by atoms with Crippen LogP contribution in [0.5, 0.6) is 0 Å². The average Bonchev–Trinajstić information content (AvgIpc) is 2.76. The minimum absolute atomic E-state index is 0.0934. The number of hydrogen-bond donors (Lipinski definition) is 0. The lowest BCUT2D eigenvalue weighted by molar-refractivity contribution is 0.140. The van der Waals surface area contributed by atoms with Crippen LogP contribution in [0.1, 0.15) is 17.8 Å². The molecule has 0 bridgehead atoms. The lowest BCUT2D eigenvalue weighted by atomic mass is 10.2. The molecule has 20 heavy (non-hydrogen) atoms. The topological polar surface area (TPSA) is 64.8 Å². The molecule has 0 amide bonds. The highest BCUT2D eigenvalue weighted by Crippen LogP contribution is 2.29. The third-order valence-electron chi connectivity index (χ3n) is 2.46. The Morgan fingerprint density at radius 3 is 2.50 bits per heavy atom. The highest BCUT2D eigenvalue weighted by molar-refractivity contribution is 8.13. The summed E-state index contributed by atoms with van der Waals surface area (Å²) in [6.07, 6.45) is -1.82. The number of benzene rings is 1. The van der Waals surface area contributed by atoms with E-state index in [0.29, 0.717) is 5.56 Å². The van der Waals surface area contributed by atoms with Crippen molar-refractivity contribution in [2.24, 2.45) is 0 Å². The van der Waals surface area contributed by atoms with Gasteiger partial charge in [-0.2, -0.15) is 0 Å². The Labute approximate surface area is 122 Å². The Kier molecular flexibility index (Phi) is 3.99. The molecule has 1 aromatic carbocycles. The van der Waals surface area contributed by atoms with Crippen LogP contribution < -0.4 is 0 Å². The van der Waals surface area contributed by atoms with E-state index in [1.54, 1.807) is 0 Å². The quantitative estimate of drug-likeness (QED) is 0.804. The van der Waals surface area contributed by atoms with Crippen LogP contribution in [0.15, 0.2) is 23.4 Å². The molecule has 0 atom stereocenters. The van der Waals surface area contributed by atoms with Gasteiger partial charge in [-0.3, -0.25) is 0 Å². The van der Waals surface area contributed by atoms with Gasteiger partial charge in [0.1, 0.15) is 6.33 Å². The van der Waals surface area contributed by atoms with Crippen molar-refractivity contribution < 1.29 is 17.2 Å². The Bertz CT molecular complexity index is 762. The monoisotopic (exact) mass is 341 g/mol. The third-order valence-corrected chi connectivity index (χ3v) is 4.23. The van der Waals surface area contributed by atoms with E-state index >= 15 is 0 Å². The van der Waals surface area contributed by atoms with Crippen molar-refractivity contribution in [1.82, 2.24) is 14.8 Å². The van der Waals surface area contributed by atoms with Crippen molar-refractivity contribution in [1.29, 1.82) is 0 Å². The van der Waals surface area contributed by atoms with Crippen molar-refractivity contribution in [3.05, 3.63) is 34.9 Å². The summed E-state index contributed by atoms with van der Waals surface area (Å²) >= 11 is 5.96. The predicted octanol–water partition coefficient (Wildman–Crippen LogP) is 3.09. The highest BCUT2D eigenvalue weighted by atomic mass is 35.7. The molecule has 5 nitrogen and oxygen atoms in total. The SMILES string of the molecule is Cc1cc(Cl)c(-n2cnc(C(F)F)n2)cc1S(=O)(=O)Cl. The molecule has 0 unspecified atom stereocenters. The van der Waals surface area contributed by atoms with E-state index in [0.717, 1.165) is 17.1 Å². The second-order valence-electron chi connectivity index (χ2n) is 3.85. The number of hydrogen-bond acceptors (Lipinski definition) is 4. The Balaban J connectivity index is 2.62. The summed E-state index contributed by atoms with van der Waals surface area (Å²) < 4.78 is 48.7. The maximum atomic E-state index is 12.4. The van der Waals surface area contributed by atoms with E-state index in [4.69, 9.17) is 22.3 Å². The zero-order valence-corrected chi connectivity index (χ0v) is 12.2. The molecule has 108 valence electrons. The molecule has 10 heteroatoms. The third kappa shape index (κ3) is 2.92. The summed E-state index contributed by atoms with van der Waals surface area (Å²) in [5.41, 5.74) is 0.429. The largest absolute Gasteiger partial charge is 0.299 e. The molecule has 0 saturated heterocycles. The van der Waals surface area contributed by atoms with Crippen molar-refractivity contribution >= 4 is 31.3 Å². The zero-order valence-electron chi connectivity index (χ0n) is 9.89. The Hall–Kier alpha value is -1.25. The molecule has 1 aromatic heterocycles. The first-order valence-corrected chi connectivity index (χ1v) is 7.84. The van der Waals surface area contributed by atoms with E-state index < -0.39 is 21.3 Å². The second-order valence-corrected chi connectivity index (χ2v) is 6.80. The minimum atomic E-state index is -3.99. The van der Waals surface area contributed by atoms with Crippen LogP contribution in [0.2, 0.25) is 5.02 Å². The predicted molar refractivity (Wildman–Crippen MR) is 69.1 cm³/mol. The van der Waals surface area contributed by atoms with E-state index in [1.807, 2.05) is 0 Å². The summed E-state index contributed by atoms with van der Waals surface area (Å²) in [5, 5.41) is 3.66. The molecule has 0 radical (unpaired) electrons. The van der Waals surface area contributed by atoms with Gasteiger partial charge in [0, 0.05) is 10.7 Å². The molecular formula is C10H7Cl2F2N3O2S. The molecule has 0 saturated carbocycles. The maximum Gasteiger partial charge on any atom is 0.299 e. The van der Waals surface area contributed by atoms with Gasteiger partial charge in [-0.15, -0.1) is 5.10 Å². The second kappa shape index (κ2) is 5.27. The molecule has 0 aliphatic carbocycles. The van der Waals surface area contributed by atoms with Gasteiger partial charge in [0.25, 0.3) is 15.5 Å². The molecule has 0 spiro atoms. The van der Waals surface area contributed by atoms with Gasteiger partial charge in [0.2, 0.25) is 5.82 Å². The molecule has 1 heterocycles. The molecule has 0 N–H and O–H groups in total. The molecule has 2 rings (SSSR count). The van der Waals surface area contributed by atoms with Crippen LogP contribution in [0.3, 0.4) is 0 Å². The van der Waals surface area contributed by atoms with Gasteiger partial charge in [0.15, 0.2) is 0 Å². The number of nitrogens with zero attached hydrogens (tertiary/aromatic N) is 3. The first-order valence-electron chi connectivity index (χ1n) is 5.15. The fraction of sp³-hybridized carbons (Fsp3) is 0.200. The fourth-order valence-corrected chi connectivity index (χ4v) is 3.07. The number of aryl methyl sites for hydroxylation is 1. The van der Waals surface area contributed by atoms with Crippen molar-refractivity contribution in [3.8, 4) is 5.69 Å². The van der Waals surface area contributed by atoms with Crippen molar-refractivity contribution in [2.75, 3.05) is 0 Å². The first kappa shape index (κ1) is 15.1. The average molecular weight is 342 g/mol. The van der Waals surface area contributed by atoms with Gasteiger partial charge >= 0.3 is 0 Å². The molecule has 2 aromatic rings. The van der Waals surface area contributed by atoms with E-state index in [-0.39, 0.29) is 15.6 Å². The van der Waals surface area contributed by atoms with Crippen LogP contribution in [-0.4, -0.2) is 23.2 Å². The summed E-state index contributed by atoms with van der Waals surface area (Å²) in [6, 6.07) is 2.51. The Morgan fingerprint density at radius 1 is 1.35 bits per heavy atom. The Morgan fingerprint density at radius 2 is 2.00 bits per heavy atom. The fourth-order valence-electron chi connectivity index (χ4n) is 1.57. The van der Waals surface area contributed by atoms with Gasteiger partial charge in [-0.05, 0) is 24.6 Å². The lowest BCUT2D eigenvalue weighted by Gasteiger charge is -2.08. The van der Waals surface area contributed by atoms with Crippen LogP contribution >= 0.6 is 22.3 Å². The van der Waals surface area contributed by atoms with E-state index in [2.05, 4.69) is 10.1 Å². The number of alkyl halides is 2. The van der Waals surface area contributed by atoms with Gasteiger partial charge < -0.3 is 0 Å².